The zero-order valence-corrected chi connectivity index (χ0v) is 7.15. The lowest BCUT2D eigenvalue weighted by molar-refractivity contribution is -0.385. The number of nitrogens with zero attached hydrogens (tertiary/aromatic N) is 1. The third-order valence-corrected chi connectivity index (χ3v) is 1.62. The number of non-ortho nitro benzene ring substituents is 1. The average molecular weight is 199 g/mol. The molecule has 0 aliphatic carbocycles. The normalized spacial score (nSPS) is 9.86. The van der Waals surface area contributed by atoms with E-state index in [1.165, 1.54) is 0 Å². The number of hydrogen-bond donors (Lipinski definition) is 1. The van der Waals surface area contributed by atoms with E-state index in [0.29, 0.717) is 6.07 Å². The third-order valence-electron chi connectivity index (χ3n) is 1.62. The maximum Gasteiger partial charge on any atom is 0.276 e. The molecule has 1 aromatic carbocycles. The van der Waals surface area contributed by atoms with E-state index in [-0.39, 0.29) is 0 Å². The Morgan fingerprint density at radius 3 is 2.50 bits per heavy atom. The van der Waals surface area contributed by atoms with Gasteiger partial charge in [-0.25, -0.2) is 4.39 Å². The molecule has 0 saturated heterocycles. The first-order chi connectivity index (χ1) is 6.43. The maximum atomic E-state index is 13.0. The molecule has 0 heterocycles. The highest BCUT2D eigenvalue weighted by molar-refractivity contribution is 5.97. The van der Waals surface area contributed by atoms with Crippen LogP contribution in [0.4, 0.5) is 10.1 Å². The van der Waals surface area contributed by atoms with E-state index < -0.39 is 33.5 Å². The highest BCUT2D eigenvalue weighted by Gasteiger charge is 2.18. The van der Waals surface area contributed by atoms with Crippen LogP contribution in [0.1, 0.15) is 17.3 Å². The van der Waals surface area contributed by atoms with Gasteiger partial charge in [0.05, 0.1) is 22.6 Å². The molecule has 0 spiro atoms. The Kier molecular flexibility index (Phi) is 2.46. The van der Waals surface area contributed by atoms with Gasteiger partial charge < -0.3 is 5.11 Å². The third kappa shape index (κ3) is 1.68. The first kappa shape index (κ1) is 10.1. The van der Waals surface area contributed by atoms with Crippen molar-refractivity contribution in [2.45, 2.75) is 6.92 Å². The number of halogens is 1. The second-order valence-corrected chi connectivity index (χ2v) is 2.64. The van der Waals surface area contributed by atoms with Crippen molar-refractivity contribution in [1.29, 1.82) is 0 Å². The Hall–Kier alpha value is -1.98. The van der Waals surface area contributed by atoms with Crippen molar-refractivity contribution in [1.82, 2.24) is 0 Å². The molecule has 0 aromatic heterocycles. The molecule has 0 atom stereocenters. The molecular formula is C8H6FNO4. The number of rotatable bonds is 2. The van der Waals surface area contributed by atoms with Gasteiger partial charge in [-0.15, -0.1) is 0 Å². The fraction of sp³-hybridized carbons (Fsp3) is 0.125. The second-order valence-electron chi connectivity index (χ2n) is 2.64. The van der Waals surface area contributed by atoms with Crippen LogP contribution in [0.5, 0.6) is 5.75 Å². The minimum atomic E-state index is -1.09. The lowest BCUT2D eigenvalue weighted by Gasteiger charge is -2.01. The predicted molar refractivity (Wildman–Crippen MR) is 44.7 cm³/mol. The van der Waals surface area contributed by atoms with Gasteiger partial charge in [-0.1, -0.05) is 0 Å². The van der Waals surface area contributed by atoms with Crippen LogP contribution in [0.2, 0.25) is 0 Å². The van der Waals surface area contributed by atoms with Crippen molar-refractivity contribution in [2.75, 3.05) is 0 Å². The van der Waals surface area contributed by atoms with Gasteiger partial charge >= 0.3 is 0 Å². The summed E-state index contributed by atoms with van der Waals surface area (Å²) in [5, 5.41) is 19.4. The summed E-state index contributed by atoms with van der Waals surface area (Å²) >= 11 is 0. The van der Waals surface area contributed by atoms with Gasteiger partial charge in [0, 0.05) is 0 Å². The fourth-order valence-electron chi connectivity index (χ4n) is 1.03. The average Bonchev–Trinajstić information content (AvgIpc) is 2.01. The quantitative estimate of drug-likeness (QED) is 0.446. The summed E-state index contributed by atoms with van der Waals surface area (Å²) in [7, 11) is 0. The molecule has 74 valence electrons. The van der Waals surface area contributed by atoms with Crippen LogP contribution >= 0.6 is 0 Å². The molecule has 1 N–H and O–H groups in total. The predicted octanol–water partition coefficient (Wildman–Crippen LogP) is 1.64. The summed E-state index contributed by atoms with van der Waals surface area (Å²) in [6.45, 7) is 1.06. The van der Waals surface area contributed by atoms with Crippen molar-refractivity contribution in [3.8, 4) is 5.75 Å². The van der Waals surface area contributed by atoms with Crippen molar-refractivity contribution in [2.24, 2.45) is 0 Å². The number of phenols is 1. The Labute approximate surface area is 77.9 Å². The molecule has 0 saturated carbocycles. The number of nitro benzene ring substituents is 1. The summed E-state index contributed by atoms with van der Waals surface area (Å²) in [4.78, 5) is 20.2. The first-order valence-corrected chi connectivity index (χ1v) is 3.61. The largest absolute Gasteiger partial charge is 0.507 e. The number of benzene rings is 1. The first-order valence-electron chi connectivity index (χ1n) is 3.61. The fourth-order valence-corrected chi connectivity index (χ4v) is 1.03. The van der Waals surface area contributed by atoms with Crippen LogP contribution in [0, 0.1) is 15.9 Å². The van der Waals surface area contributed by atoms with E-state index in [9.17, 15) is 19.3 Å². The molecule has 0 fully saturated rings. The SMILES string of the molecule is CC(=O)c1c(O)cc([N+](=O)[O-])cc1F. The highest BCUT2D eigenvalue weighted by Crippen LogP contribution is 2.26. The number of carbonyl (C=O) groups is 1. The van der Waals surface area contributed by atoms with E-state index in [1.54, 1.807) is 0 Å². The Morgan fingerprint density at radius 1 is 1.57 bits per heavy atom. The van der Waals surface area contributed by atoms with E-state index in [1.807, 2.05) is 0 Å². The Balaban J connectivity index is 3.39. The monoisotopic (exact) mass is 199 g/mol. The zero-order valence-electron chi connectivity index (χ0n) is 7.15. The smallest absolute Gasteiger partial charge is 0.276 e. The summed E-state index contributed by atoms with van der Waals surface area (Å²) < 4.78 is 13.0. The molecule has 6 heteroatoms. The molecule has 1 rings (SSSR count). The van der Waals surface area contributed by atoms with Crippen LogP contribution in [0.25, 0.3) is 0 Å². The van der Waals surface area contributed by atoms with Gasteiger partial charge in [-0.05, 0) is 6.92 Å². The van der Waals surface area contributed by atoms with Gasteiger partial charge in [-0.2, -0.15) is 0 Å². The van der Waals surface area contributed by atoms with E-state index >= 15 is 0 Å². The van der Waals surface area contributed by atoms with Crippen molar-refractivity contribution in [3.05, 3.63) is 33.6 Å². The minimum absolute atomic E-state index is 0.532. The van der Waals surface area contributed by atoms with E-state index in [4.69, 9.17) is 5.11 Å². The second kappa shape index (κ2) is 3.41. The molecule has 0 unspecified atom stereocenters. The molecule has 0 aliphatic heterocycles. The molecular weight excluding hydrogens is 193 g/mol. The van der Waals surface area contributed by atoms with Crippen LogP contribution in [0.15, 0.2) is 12.1 Å². The van der Waals surface area contributed by atoms with Crippen LogP contribution < -0.4 is 0 Å². The lowest BCUT2D eigenvalue weighted by Crippen LogP contribution is -1.99. The van der Waals surface area contributed by atoms with Crippen LogP contribution in [-0.2, 0) is 0 Å². The van der Waals surface area contributed by atoms with Gasteiger partial charge in [-0.3, -0.25) is 14.9 Å². The molecule has 0 amide bonds. The van der Waals surface area contributed by atoms with Crippen LogP contribution in [0.3, 0.4) is 0 Å². The zero-order chi connectivity index (χ0) is 10.9. The Bertz CT molecular complexity index is 393. The molecule has 0 radical (unpaired) electrons. The number of aromatic hydroxyl groups is 1. The topological polar surface area (TPSA) is 80.4 Å². The standard InChI is InChI=1S/C8H6FNO4/c1-4(11)8-6(9)2-5(10(13)14)3-7(8)12/h2-3,12H,1H3. The summed E-state index contributed by atoms with van der Waals surface area (Å²) in [6, 6.07) is 1.33. The van der Waals surface area contributed by atoms with E-state index in [2.05, 4.69) is 0 Å². The molecule has 5 nitrogen and oxygen atoms in total. The summed E-state index contributed by atoms with van der Waals surface area (Å²) in [6.07, 6.45) is 0. The number of nitro groups is 1. The molecule has 14 heavy (non-hydrogen) atoms. The summed E-state index contributed by atoms with van der Waals surface area (Å²) in [5.41, 5.74) is -1.12. The number of Topliss-reactive ketones (excluding diaryl/α,β-unsaturated/α-hetero) is 1. The number of phenolic OH excluding ortho intramolecular Hbond substituents is 1. The van der Waals surface area contributed by atoms with Gasteiger partial charge in [0.15, 0.2) is 5.78 Å². The Morgan fingerprint density at radius 2 is 2.14 bits per heavy atom. The number of ketones is 1. The molecule has 0 aliphatic rings. The van der Waals surface area contributed by atoms with Crippen molar-refractivity contribution < 1.29 is 19.2 Å². The molecule has 1 aromatic rings. The summed E-state index contributed by atoms with van der Waals surface area (Å²) in [5.74, 6) is -2.50. The van der Waals surface area contributed by atoms with Crippen molar-refractivity contribution >= 4 is 11.5 Å². The van der Waals surface area contributed by atoms with Crippen LogP contribution in [-0.4, -0.2) is 15.8 Å². The van der Waals surface area contributed by atoms with Gasteiger partial charge in [0.2, 0.25) is 0 Å². The minimum Gasteiger partial charge on any atom is -0.507 e. The van der Waals surface area contributed by atoms with Gasteiger partial charge in [0.25, 0.3) is 5.69 Å². The lowest BCUT2D eigenvalue weighted by atomic mass is 10.1. The number of hydrogen-bond acceptors (Lipinski definition) is 4. The van der Waals surface area contributed by atoms with Gasteiger partial charge in [0.1, 0.15) is 11.6 Å². The maximum absolute atomic E-state index is 13.0. The highest BCUT2D eigenvalue weighted by atomic mass is 19.1. The number of carbonyl (C=O) groups excluding carboxylic acids is 1. The van der Waals surface area contributed by atoms with E-state index in [0.717, 1.165) is 13.0 Å². The molecule has 0 bridgehead atoms. The van der Waals surface area contributed by atoms with Crippen molar-refractivity contribution in [3.63, 3.8) is 0 Å².